The van der Waals surface area contributed by atoms with Crippen molar-refractivity contribution in [3.63, 3.8) is 0 Å². The number of hydrogen-bond donors (Lipinski definition) is 0. The van der Waals surface area contributed by atoms with Crippen LogP contribution in [0, 0.1) is 0 Å². The Balaban J connectivity index is 1.08. The summed E-state index contributed by atoms with van der Waals surface area (Å²) in [6, 6.07) is 77.5. The molecule has 63 heavy (non-hydrogen) atoms. The first-order chi connectivity index (χ1) is 31.1. The minimum absolute atomic E-state index is 1.12. The van der Waals surface area contributed by atoms with Gasteiger partial charge in [-0.05, 0) is 135 Å². The summed E-state index contributed by atoms with van der Waals surface area (Å²) in [6.45, 7) is 6.09. The highest BCUT2D eigenvalue weighted by molar-refractivity contribution is 6.13. The van der Waals surface area contributed by atoms with Gasteiger partial charge >= 0.3 is 0 Å². The molecule has 2 aromatic heterocycles. The van der Waals surface area contributed by atoms with E-state index in [0.29, 0.717) is 0 Å². The molecule has 0 saturated carbocycles. The van der Waals surface area contributed by atoms with E-state index in [2.05, 4.69) is 253 Å². The first-order valence-electron chi connectivity index (χ1n) is 21.6. The van der Waals surface area contributed by atoms with E-state index < -0.39 is 0 Å². The number of allylic oxidation sites excluding steroid dienone is 5. The number of fused-ring (bicyclic) bond motifs is 6. The third-order valence-electron chi connectivity index (χ3n) is 12.3. The van der Waals surface area contributed by atoms with E-state index in [-0.39, 0.29) is 0 Å². The highest BCUT2D eigenvalue weighted by Crippen LogP contribution is 2.41. The summed E-state index contributed by atoms with van der Waals surface area (Å²) >= 11 is 0. The molecule has 0 fully saturated rings. The van der Waals surface area contributed by atoms with Crippen LogP contribution in [0.25, 0.3) is 105 Å². The molecule has 0 amide bonds. The van der Waals surface area contributed by atoms with Gasteiger partial charge in [0, 0.05) is 32.9 Å². The Morgan fingerprint density at radius 3 is 1.24 bits per heavy atom. The second-order valence-corrected chi connectivity index (χ2v) is 16.2. The summed E-state index contributed by atoms with van der Waals surface area (Å²) in [5.41, 5.74) is 18.7. The number of nitrogens with zero attached hydrogens (tertiary/aromatic N) is 2. The van der Waals surface area contributed by atoms with Crippen LogP contribution < -0.4 is 0 Å². The lowest BCUT2D eigenvalue weighted by molar-refractivity contribution is 1.18. The molecule has 298 valence electrons. The molecule has 11 aromatic rings. The van der Waals surface area contributed by atoms with Crippen LogP contribution in [0.5, 0.6) is 0 Å². The van der Waals surface area contributed by atoms with Crippen LogP contribution in [-0.4, -0.2) is 9.13 Å². The SMILES string of the molecule is C=C/C=C(\C=C/C)c1cc(-c2ccccc2)cc(-n2c3ccccc3c3cc(-c4ccc5c(c4)c4ccccc4n5-c4cc(-c5ccccc5)cc(-c5ccccc5)c4)ccc32)c1. The van der Waals surface area contributed by atoms with Crippen LogP contribution in [0.2, 0.25) is 0 Å². The molecule has 9 aromatic carbocycles. The van der Waals surface area contributed by atoms with Gasteiger partial charge in [-0.2, -0.15) is 0 Å². The number of benzene rings is 9. The normalized spacial score (nSPS) is 12.0. The predicted molar refractivity (Wildman–Crippen MR) is 270 cm³/mol. The first kappa shape index (κ1) is 37.8. The van der Waals surface area contributed by atoms with Gasteiger partial charge < -0.3 is 9.13 Å². The minimum atomic E-state index is 1.12. The van der Waals surface area contributed by atoms with E-state index in [0.717, 1.165) is 22.5 Å². The van der Waals surface area contributed by atoms with Crippen molar-refractivity contribution in [3.05, 3.63) is 249 Å². The smallest absolute Gasteiger partial charge is 0.0541 e. The number of para-hydroxylation sites is 2. The molecule has 2 heteroatoms. The fraction of sp³-hybridized carbons (Fsp3) is 0.0164. The first-order valence-corrected chi connectivity index (χ1v) is 21.6. The van der Waals surface area contributed by atoms with Crippen molar-refractivity contribution in [2.45, 2.75) is 6.92 Å². The molecule has 0 N–H and O–H groups in total. The van der Waals surface area contributed by atoms with E-state index in [9.17, 15) is 0 Å². The van der Waals surface area contributed by atoms with Crippen LogP contribution in [0.15, 0.2) is 243 Å². The van der Waals surface area contributed by atoms with Gasteiger partial charge in [0.25, 0.3) is 0 Å². The molecule has 2 nitrogen and oxygen atoms in total. The van der Waals surface area contributed by atoms with Crippen molar-refractivity contribution in [1.82, 2.24) is 9.13 Å². The van der Waals surface area contributed by atoms with Gasteiger partial charge in [0.05, 0.1) is 22.1 Å². The molecule has 2 heterocycles. The van der Waals surface area contributed by atoms with Crippen molar-refractivity contribution in [1.29, 1.82) is 0 Å². The van der Waals surface area contributed by atoms with Crippen LogP contribution in [0.3, 0.4) is 0 Å². The molecular weight excluding hydrogens is 761 g/mol. The summed E-state index contributed by atoms with van der Waals surface area (Å²) in [6.07, 6.45) is 8.20. The molecular formula is C61H44N2. The number of aromatic nitrogens is 2. The average Bonchev–Trinajstić information content (AvgIpc) is 3.87. The zero-order valence-electron chi connectivity index (χ0n) is 35.1. The lowest BCUT2D eigenvalue weighted by Crippen LogP contribution is -1.97. The fourth-order valence-electron chi connectivity index (χ4n) is 9.45. The fourth-order valence-corrected chi connectivity index (χ4v) is 9.45. The van der Waals surface area contributed by atoms with Crippen LogP contribution in [-0.2, 0) is 0 Å². The summed E-state index contributed by atoms with van der Waals surface area (Å²) < 4.78 is 4.86. The molecule has 0 bridgehead atoms. The van der Waals surface area contributed by atoms with Crippen molar-refractivity contribution in [2.75, 3.05) is 0 Å². The molecule has 0 spiro atoms. The second-order valence-electron chi connectivity index (χ2n) is 16.2. The van der Waals surface area contributed by atoms with E-state index >= 15 is 0 Å². The third kappa shape index (κ3) is 6.79. The highest BCUT2D eigenvalue weighted by Gasteiger charge is 2.18. The molecule has 11 rings (SSSR count). The maximum atomic E-state index is 4.03. The molecule has 0 saturated heterocycles. The number of rotatable bonds is 9. The monoisotopic (exact) mass is 804 g/mol. The second kappa shape index (κ2) is 16.0. The average molecular weight is 805 g/mol. The largest absolute Gasteiger partial charge is 0.309 e. The van der Waals surface area contributed by atoms with Gasteiger partial charge in [-0.25, -0.2) is 0 Å². The van der Waals surface area contributed by atoms with Gasteiger partial charge in [0.1, 0.15) is 0 Å². The van der Waals surface area contributed by atoms with Crippen LogP contribution in [0.1, 0.15) is 12.5 Å². The summed E-state index contributed by atoms with van der Waals surface area (Å²) in [5.74, 6) is 0. The Labute approximate surface area is 368 Å². The molecule has 0 aliphatic heterocycles. The Morgan fingerprint density at radius 1 is 0.365 bits per heavy atom. The van der Waals surface area contributed by atoms with E-state index in [1.54, 1.807) is 0 Å². The maximum Gasteiger partial charge on any atom is 0.0541 e. The number of hydrogen-bond acceptors (Lipinski definition) is 0. The maximum absolute atomic E-state index is 4.03. The van der Waals surface area contributed by atoms with Gasteiger partial charge in [-0.1, -0.05) is 170 Å². The Hall–Kier alpha value is -8.20. The van der Waals surface area contributed by atoms with Crippen LogP contribution in [0.4, 0.5) is 0 Å². The molecule has 0 aliphatic carbocycles. The quantitative estimate of drug-likeness (QED) is 0.129. The Morgan fingerprint density at radius 2 is 0.778 bits per heavy atom. The lowest BCUT2D eigenvalue weighted by atomic mass is 9.97. The standard InChI is InChI=1S/C61H44N2/c1-3-18-42(19-4-2)48-34-49(43-20-8-5-9-21-43)37-52(36-48)62-58-28-16-14-26-54(58)56-40-46(30-32-60(56)62)47-31-33-61-57(41-47)55-27-15-17-29-59(55)63(61)53-38-50(44-22-10-6-11-23-44)35-51(39-53)45-24-12-7-13-25-45/h3-41H,1H2,2H3/b19-4-,42-18+. The van der Waals surface area contributed by atoms with Gasteiger partial charge in [0.15, 0.2) is 0 Å². The highest BCUT2D eigenvalue weighted by atomic mass is 15.0. The van der Waals surface area contributed by atoms with Gasteiger partial charge in [-0.15, -0.1) is 0 Å². The predicted octanol–water partition coefficient (Wildman–Crippen LogP) is 16.7. The topological polar surface area (TPSA) is 9.86 Å². The van der Waals surface area contributed by atoms with E-state index in [1.807, 2.05) is 6.08 Å². The Kier molecular flexibility index (Phi) is 9.60. The van der Waals surface area contributed by atoms with E-state index in [4.69, 9.17) is 0 Å². The lowest BCUT2D eigenvalue weighted by Gasteiger charge is -2.15. The molecule has 0 aliphatic rings. The molecule has 0 radical (unpaired) electrons. The van der Waals surface area contributed by atoms with Crippen molar-refractivity contribution in [3.8, 4) is 55.9 Å². The third-order valence-corrected chi connectivity index (χ3v) is 12.3. The Bertz CT molecular complexity index is 3510. The summed E-state index contributed by atoms with van der Waals surface area (Å²) in [7, 11) is 0. The van der Waals surface area contributed by atoms with Gasteiger partial charge in [-0.3, -0.25) is 0 Å². The zero-order valence-corrected chi connectivity index (χ0v) is 35.1. The van der Waals surface area contributed by atoms with Gasteiger partial charge in [0.2, 0.25) is 0 Å². The van der Waals surface area contributed by atoms with Crippen molar-refractivity contribution >= 4 is 49.2 Å². The van der Waals surface area contributed by atoms with Crippen molar-refractivity contribution in [2.24, 2.45) is 0 Å². The summed E-state index contributed by atoms with van der Waals surface area (Å²) in [5, 5.41) is 4.90. The van der Waals surface area contributed by atoms with E-state index in [1.165, 1.54) is 88.1 Å². The molecule has 0 atom stereocenters. The minimum Gasteiger partial charge on any atom is -0.309 e. The molecule has 0 unspecified atom stereocenters. The zero-order chi connectivity index (χ0) is 42.3. The van der Waals surface area contributed by atoms with Crippen molar-refractivity contribution < 1.29 is 0 Å². The van der Waals surface area contributed by atoms with Crippen LogP contribution >= 0.6 is 0 Å². The summed E-state index contributed by atoms with van der Waals surface area (Å²) in [4.78, 5) is 0.